The van der Waals surface area contributed by atoms with Crippen molar-refractivity contribution in [3.05, 3.63) is 54.4 Å². The second kappa shape index (κ2) is 11.7. The van der Waals surface area contributed by atoms with Gasteiger partial charge in [0.05, 0.1) is 18.5 Å². The molecule has 2 heterocycles. The van der Waals surface area contributed by atoms with Crippen LogP contribution in [0.15, 0.2) is 48.8 Å². The largest absolute Gasteiger partial charge is 0.493 e. The van der Waals surface area contributed by atoms with E-state index in [1.54, 1.807) is 29.4 Å². The smallest absolute Gasteiger partial charge is 0.322 e. The van der Waals surface area contributed by atoms with Crippen molar-refractivity contribution in [3.8, 4) is 5.75 Å². The van der Waals surface area contributed by atoms with Crippen LogP contribution in [0.25, 0.3) is 0 Å². The molecule has 1 aromatic heterocycles. The Kier molecular flexibility index (Phi) is 8.17. The van der Waals surface area contributed by atoms with Crippen LogP contribution in [0.2, 0.25) is 0 Å². The predicted molar refractivity (Wildman–Crippen MR) is 128 cm³/mol. The number of rotatable bonds is 5. The van der Waals surface area contributed by atoms with Crippen LogP contribution >= 0.6 is 0 Å². The molecule has 1 aliphatic heterocycles. The summed E-state index contributed by atoms with van der Waals surface area (Å²) < 4.78 is 6.09. The van der Waals surface area contributed by atoms with Gasteiger partial charge in [0.1, 0.15) is 5.75 Å². The third-order valence-electron chi connectivity index (χ3n) is 6.56. The van der Waals surface area contributed by atoms with E-state index >= 15 is 0 Å². The molecule has 1 aromatic carbocycles. The van der Waals surface area contributed by atoms with Gasteiger partial charge in [0, 0.05) is 37.9 Å². The number of piperazine rings is 1. The lowest BCUT2D eigenvalue weighted by atomic mass is 9.92. The van der Waals surface area contributed by atoms with Crippen molar-refractivity contribution in [2.45, 2.75) is 44.9 Å². The molecule has 0 unspecified atom stereocenters. The highest BCUT2D eigenvalue weighted by Crippen LogP contribution is 2.24. The SMILES string of the molecule is O=C(Nc1cccnc1)N1CCN(C(=O)c2cccc(OCC3CCCCCCC3)c2)CC1. The summed E-state index contributed by atoms with van der Waals surface area (Å²) in [7, 11) is 0. The van der Waals surface area contributed by atoms with Crippen LogP contribution in [0.1, 0.15) is 55.3 Å². The van der Waals surface area contributed by atoms with Crippen LogP contribution in [-0.4, -0.2) is 59.5 Å². The molecule has 1 saturated heterocycles. The first-order valence-electron chi connectivity index (χ1n) is 12.2. The fourth-order valence-electron chi connectivity index (χ4n) is 4.57. The second-order valence-corrected chi connectivity index (χ2v) is 9.00. The number of hydrogen-bond donors (Lipinski definition) is 1. The fourth-order valence-corrected chi connectivity index (χ4v) is 4.57. The molecule has 33 heavy (non-hydrogen) atoms. The highest BCUT2D eigenvalue weighted by atomic mass is 16.5. The van der Waals surface area contributed by atoms with Gasteiger partial charge < -0.3 is 19.9 Å². The van der Waals surface area contributed by atoms with Crippen LogP contribution in [-0.2, 0) is 0 Å². The Morgan fingerprint density at radius 3 is 2.39 bits per heavy atom. The van der Waals surface area contributed by atoms with E-state index in [0.29, 0.717) is 43.3 Å². The molecule has 176 valence electrons. The van der Waals surface area contributed by atoms with Crippen molar-refractivity contribution in [1.82, 2.24) is 14.8 Å². The summed E-state index contributed by atoms with van der Waals surface area (Å²) in [6, 6.07) is 10.9. The third kappa shape index (κ3) is 6.70. The molecule has 4 rings (SSSR count). The number of amides is 3. The van der Waals surface area contributed by atoms with E-state index in [1.807, 2.05) is 29.2 Å². The van der Waals surface area contributed by atoms with E-state index < -0.39 is 0 Å². The summed E-state index contributed by atoms with van der Waals surface area (Å²) in [6.45, 7) is 2.73. The van der Waals surface area contributed by atoms with Gasteiger partial charge in [-0.15, -0.1) is 0 Å². The Hall–Kier alpha value is -3.09. The van der Waals surface area contributed by atoms with Gasteiger partial charge in [0.2, 0.25) is 0 Å². The van der Waals surface area contributed by atoms with Crippen LogP contribution in [0.5, 0.6) is 5.75 Å². The van der Waals surface area contributed by atoms with Crippen molar-refractivity contribution in [1.29, 1.82) is 0 Å². The quantitative estimate of drug-likeness (QED) is 0.709. The van der Waals surface area contributed by atoms with Crippen molar-refractivity contribution in [2.75, 3.05) is 38.1 Å². The number of anilines is 1. The molecule has 1 saturated carbocycles. The number of urea groups is 1. The number of hydrogen-bond acceptors (Lipinski definition) is 4. The van der Waals surface area contributed by atoms with E-state index in [4.69, 9.17) is 4.74 Å². The van der Waals surface area contributed by atoms with Crippen molar-refractivity contribution >= 4 is 17.6 Å². The minimum Gasteiger partial charge on any atom is -0.493 e. The lowest BCUT2D eigenvalue weighted by Gasteiger charge is -2.34. The van der Waals surface area contributed by atoms with E-state index in [-0.39, 0.29) is 11.9 Å². The molecule has 0 radical (unpaired) electrons. The van der Waals surface area contributed by atoms with Gasteiger partial charge in [-0.2, -0.15) is 0 Å². The fraction of sp³-hybridized carbons (Fsp3) is 0.500. The maximum absolute atomic E-state index is 13.1. The number of carbonyl (C=O) groups is 2. The molecular formula is C26H34N4O3. The molecule has 3 amide bonds. The van der Waals surface area contributed by atoms with E-state index in [2.05, 4.69) is 10.3 Å². The van der Waals surface area contributed by atoms with Crippen LogP contribution in [0, 0.1) is 5.92 Å². The highest BCUT2D eigenvalue weighted by molar-refractivity contribution is 5.95. The molecule has 0 bridgehead atoms. The maximum atomic E-state index is 13.1. The van der Waals surface area contributed by atoms with Crippen molar-refractivity contribution in [3.63, 3.8) is 0 Å². The number of nitrogens with zero attached hydrogens (tertiary/aromatic N) is 3. The number of carbonyl (C=O) groups excluding carboxylic acids is 2. The zero-order valence-electron chi connectivity index (χ0n) is 19.2. The summed E-state index contributed by atoms with van der Waals surface area (Å²) in [5.41, 5.74) is 1.30. The molecule has 2 fully saturated rings. The summed E-state index contributed by atoms with van der Waals surface area (Å²) in [5, 5.41) is 2.85. The molecule has 0 spiro atoms. The summed E-state index contributed by atoms with van der Waals surface area (Å²) in [6.07, 6.45) is 12.4. The summed E-state index contributed by atoms with van der Waals surface area (Å²) in [5.74, 6) is 1.35. The Morgan fingerprint density at radius 2 is 1.67 bits per heavy atom. The maximum Gasteiger partial charge on any atom is 0.322 e. The van der Waals surface area contributed by atoms with Gasteiger partial charge in [-0.1, -0.05) is 38.2 Å². The first kappa shape index (κ1) is 23.1. The Labute approximate surface area is 196 Å². The highest BCUT2D eigenvalue weighted by Gasteiger charge is 2.25. The summed E-state index contributed by atoms with van der Waals surface area (Å²) >= 11 is 0. The predicted octanol–water partition coefficient (Wildman–Crippen LogP) is 4.81. The first-order chi connectivity index (χ1) is 16.2. The monoisotopic (exact) mass is 450 g/mol. The lowest BCUT2D eigenvalue weighted by molar-refractivity contribution is 0.0671. The van der Waals surface area contributed by atoms with E-state index in [1.165, 1.54) is 44.9 Å². The Balaban J connectivity index is 1.26. The van der Waals surface area contributed by atoms with Gasteiger partial charge in [-0.25, -0.2) is 4.79 Å². The number of benzene rings is 1. The number of aromatic nitrogens is 1. The molecule has 0 atom stereocenters. The third-order valence-corrected chi connectivity index (χ3v) is 6.56. The van der Waals surface area contributed by atoms with Crippen molar-refractivity contribution in [2.24, 2.45) is 5.92 Å². The molecule has 2 aliphatic rings. The van der Waals surface area contributed by atoms with Gasteiger partial charge in [-0.3, -0.25) is 9.78 Å². The van der Waals surface area contributed by atoms with Gasteiger partial charge in [0.25, 0.3) is 5.91 Å². The van der Waals surface area contributed by atoms with Gasteiger partial charge >= 0.3 is 6.03 Å². The van der Waals surface area contributed by atoms with Crippen molar-refractivity contribution < 1.29 is 14.3 Å². The van der Waals surface area contributed by atoms with Gasteiger partial charge in [-0.05, 0) is 49.1 Å². The first-order valence-corrected chi connectivity index (χ1v) is 12.2. The van der Waals surface area contributed by atoms with Crippen LogP contribution in [0.4, 0.5) is 10.5 Å². The lowest BCUT2D eigenvalue weighted by Crippen LogP contribution is -2.51. The van der Waals surface area contributed by atoms with Crippen LogP contribution in [0.3, 0.4) is 0 Å². The van der Waals surface area contributed by atoms with E-state index in [9.17, 15) is 9.59 Å². The van der Waals surface area contributed by atoms with Crippen LogP contribution < -0.4 is 10.1 Å². The standard InChI is InChI=1S/C26H34N4O3/c31-25(29-14-16-30(17-15-29)26(32)28-23-11-7-13-27-19-23)22-10-6-12-24(18-22)33-20-21-8-4-2-1-3-5-9-21/h6-7,10-13,18-19,21H,1-5,8-9,14-17,20H2,(H,28,32). The zero-order chi connectivity index (χ0) is 22.9. The minimum absolute atomic E-state index is 0.0151. The average molecular weight is 451 g/mol. The number of nitrogens with one attached hydrogen (secondary N) is 1. The van der Waals surface area contributed by atoms with Gasteiger partial charge in [0.15, 0.2) is 0 Å². The molecular weight excluding hydrogens is 416 g/mol. The molecule has 1 N–H and O–H groups in total. The number of ether oxygens (including phenoxy) is 1. The average Bonchev–Trinajstić information content (AvgIpc) is 2.84. The topological polar surface area (TPSA) is 74.8 Å². The molecule has 7 nitrogen and oxygen atoms in total. The van der Waals surface area contributed by atoms with E-state index in [0.717, 1.165) is 12.4 Å². The normalized spacial score (nSPS) is 17.7. The Morgan fingerprint density at radius 1 is 0.939 bits per heavy atom. The molecule has 1 aliphatic carbocycles. The molecule has 7 heteroatoms. The zero-order valence-corrected chi connectivity index (χ0v) is 19.2. The minimum atomic E-state index is -0.167. The summed E-state index contributed by atoms with van der Waals surface area (Å²) in [4.78, 5) is 33.1. The molecule has 2 aromatic rings. The Bertz CT molecular complexity index is 905. The number of pyridine rings is 1. The second-order valence-electron chi connectivity index (χ2n) is 9.00.